The maximum atomic E-state index is 8.79. The Morgan fingerprint density at radius 2 is 2.23 bits per heavy atom. The van der Waals surface area contributed by atoms with Crippen molar-refractivity contribution >= 4 is 0 Å². The van der Waals surface area contributed by atoms with Gasteiger partial charge in [0.15, 0.2) is 0 Å². The largest absolute Gasteiger partial charge is 0.490 e. The van der Waals surface area contributed by atoms with Gasteiger partial charge in [-0.15, -0.1) is 0 Å². The Morgan fingerprint density at radius 1 is 1.38 bits per heavy atom. The van der Waals surface area contributed by atoms with Gasteiger partial charge in [0.05, 0.1) is 0 Å². The van der Waals surface area contributed by atoms with E-state index in [1.54, 1.807) is 0 Å². The quantitative estimate of drug-likeness (QED) is 0.747. The van der Waals surface area contributed by atoms with Crippen LogP contribution >= 0.6 is 0 Å². The van der Waals surface area contributed by atoms with Crippen molar-refractivity contribution < 1.29 is 9.84 Å². The number of hydrogen-bond acceptors (Lipinski definition) is 2. The minimum absolute atomic E-state index is 0.208. The summed E-state index contributed by atoms with van der Waals surface area (Å²) in [4.78, 5) is 0. The van der Waals surface area contributed by atoms with Gasteiger partial charge in [-0.2, -0.15) is 0 Å². The Labute approximate surface area is 78.2 Å². The van der Waals surface area contributed by atoms with E-state index in [0.717, 1.165) is 25.0 Å². The molecule has 0 saturated heterocycles. The summed E-state index contributed by atoms with van der Waals surface area (Å²) in [6, 6.07) is 8.12. The molecule has 0 aromatic heterocycles. The van der Waals surface area contributed by atoms with Gasteiger partial charge in [-0.1, -0.05) is 18.2 Å². The second-order valence-corrected chi connectivity index (χ2v) is 3.40. The van der Waals surface area contributed by atoms with Crippen LogP contribution in [0.25, 0.3) is 0 Å². The molecule has 2 nitrogen and oxygen atoms in total. The summed E-state index contributed by atoms with van der Waals surface area (Å²) in [6.45, 7) is 0.215. The minimum atomic E-state index is 0.208. The van der Waals surface area contributed by atoms with Crippen molar-refractivity contribution in [2.75, 3.05) is 6.61 Å². The van der Waals surface area contributed by atoms with E-state index < -0.39 is 0 Å². The molecule has 0 bridgehead atoms. The van der Waals surface area contributed by atoms with E-state index in [4.69, 9.17) is 9.84 Å². The van der Waals surface area contributed by atoms with Crippen molar-refractivity contribution in [2.24, 2.45) is 0 Å². The Kier molecular flexibility index (Phi) is 2.50. The topological polar surface area (TPSA) is 29.5 Å². The average Bonchev–Trinajstić information content (AvgIpc) is 2.18. The molecule has 2 heteroatoms. The third-order valence-corrected chi connectivity index (χ3v) is 2.45. The molecule has 1 atom stereocenters. The highest BCUT2D eigenvalue weighted by Gasteiger charge is 2.18. The smallest absolute Gasteiger partial charge is 0.122 e. The molecule has 0 unspecified atom stereocenters. The molecule has 0 saturated carbocycles. The third kappa shape index (κ3) is 1.83. The molecule has 0 aliphatic carbocycles. The fourth-order valence-electron chi connectivity index (χ4n) is 1.73. The molecule has 1 aromatic carbocycles. The number of aliphatic hydroxyl groups is 1. The number of aryl methyl sites for hydroxylation is 1. The van der Waals surface area contributed by atoms with Gasteiger partial charge in [0, 0.05) is 13.0 Å². The van der Waals surface area contributed by atoms with E-state index >= 15 is 0 Å². The van der Waals surface area contributed by atoms with E-state index in [9.17, 15) is 0 Å². The van der Waals surface area contributed by atoms with Crippen molar-refractivity contribution in [1.29, 1.82) is 0 Å². The lowest BCUT2D eigenvalue weighted by molar-refractivity contribution is 0.134. The van der Waals surface area contributed by atoms with Gasteiger partial charge in [0.2, 0.25) is 0 Å². The van der Waals surface area contributed by atoms with Gasteiger partial charge in [-0.05, 0) is 24.5 Å². The number of para-hydroxylation sites is 1. The highest BCUT2D eigenvalue weighted by Crippen LogP contribution is 2.27. The molecule has 70 valence electrons. The van der Waals surface area contributed by atoms with Crippen molar-refractivity contribution in [3.63, 3.8) is 0 Å². The highest BCUT2D eigenvalue weighted by molar-refractivity contribution is 5.34. The monoisotopic (exact) mass is 178 g/mol. The summed E-state index contributed by atoms with van der Waals surface area (Å²) in [5.74, 6) is 0.993. The fraction of sp³-hybridized carbons (Fsp3) is 0.455. The van der Waals surface area contributed by atoms with Crippen LogP contribution in [-0.2, 0) is 6.42 Å². The fourth-order valence-corrected chi connectivity index (χ4v) is 1.73. The van der Waals surface area contributed by atoms with Crippen molar-refractivity contribution in [3.05, 3.63) is 29.8 Å². The number of hydrogen-bond donors (Lipinski definition) is 1. The molecule has 0 radical (unpaired) electrons. The summed E-state index contributed by atoms with van der Waals surface area (Å²) < 4.78 is 5.71. The molecule has 1 aliphatic heterocycles. The summed E-state index contributed by atoms with van der Waals surface area (Å²) in [6.07, 6.45) is 3.05. The maximum Gasteiger partial charge on any atom is 0.122 e. The Hall–Kier alpha value is -1.02. The second-order valence-electron chi connectivity index (χ2n) is 3.40. The Balaban J connectivity index is 2.11. The zero-order chi connectivity index (χ0) is 9.10. The zero-order valence-electron chi connectivity index (χ0n) is 7.57. The first kappa shape index (κ1) is 8.57. The molecule has 1 heterocycles. The van der Waals surface area contributed by atoms with Crippen molar-refractivity contribution in [2.45, 2.75) is 25.4 Å². The lowest BCUT2D eigenvalue weighted by Crippen LogP contribution is -2.23. The van der Waals surface area contributed by atoms with Crippen molar-refractivity contribution in [1.82, 2.24) is 0 Å². The van der Waals surface area contributed by atoms with Crippen molar-refractivity contribution in [3.8, 4) is 5.75 Å². The number of ether oxygens (including phenoxy) is 1. The Morgan fingerprint density at radius 3 is 3.08 bits per heavy atom. The Bertz CT molecular complexity index is 283. The summed E-state index contributed by atoms with van der Waals surface area (Å²) in [7, 11) is 0. The molecular formula is C11H14O2. The maximum absolute atomic E-state index is 8.79. The third-order valence-electron chi connectivity index (χ3n) is 2.45. The van der Waals surface area contributed by atoms with E-state index in [-0.39, 0.29) is 12.7 Å². The van der Waals surface area contributed by atoms with Crippen LogP contribution in [-0.4, -0.2) is 17.8 Å². The van der Waals surface area contributed by atoms with E-state index in [1.165, 1.54) is 5.56 Å². The number of rotatable bonds is 2. The molecule has 1 aromatic rings. The van der Waals surface area contributed by atoms with Crippen LogP contribution in [0.2, 0.25) is 0 Å². The second kappa shape index (κ2) is 3.79. The number of fused-ring (bicyclic) bond motifs is 1. The van der Waals surface area contributed by atoms with Gasteiger partial charge < -0.3 is 9.84 Å². The van der Waals surface area contributed by atoms with E-state index in [2.05, 4.69) is 6.07 Å². The molecular weight excluding hydrogens is 164 g/mol. The normalized spacial score (nSPS) is 20.5. The van der Waals surface area contributed by atoms with E-state index in [0.29, 0.717) is 0 Å². The molecule has 2 rings (SSSR count). The molecule has 0 spiro atoms. The SMILES string of the molecule is OCC[C@@H]1CCc2ccccc2O1. The van der Waals surface area contributed by atoms with Gasteiger partial charge in [-0.3, -0.25) is 0 Å². The lowest BCUT2D eigenvalue weighted by atomic mass is 10.0. The van der Waals surface area contributed by atoms with Gasteiger partial charge in [0.25, 0.3) is 0 Å². The van der Waals surface area contributed by atoms with Crippen LogP contribution in [0.15, 0.2) is 24.3 Å². The van der Waals surface area contributed by atoms with Crippen LogP contribution < -0.4 is 4.74 Å². The molecule has 0 amide bonds. The average molecular weight is 178 g/mol. The van der Waals surface area contributed by atoms with E-state index in [1.807, 2.05) is 18.2 Å². The van der Waals surface area contributed by atoms with Crippen LogP contribution in [0.3, 0.4) is 0 Å². The standard InChI is InChI=1S/C11H14O2/c12-8-7-10-6-5-9-3-1-2-4-11(9)13-10/h1-4,10,12H,5-8H2/t10-/m0/s1. The van der Waals surface area contributed by atoms with Gasteiger partial charge in [-0.25, -0.2) is 0 Å². The first-order chi connectivity index (χ1) is 6.40. The summed E-state index contributed by atoms with van der Waals surface area (Å²) in [5, 5.41) is 8.79. The first-order valence-electron chi connectivity index (χ1n) is 4.75. The van der Waals surface area contributed by atoms with Gasteiger partial charge >= 0.3 is 0 Å². The summed E-state index contributed by atoms with van der Waals surface area (Å²) in [5.41, 5.74) is 1.29. The number of aliphatic hydroxyl groups excluding tert-OH is 1. The predicted octanol–water partition coefficient (Wildman–Crippen LogP) is 1.76. The predicted molar refractivity (Wildman–Crippen MR) is 50.9 cm³/mol. The lowest BCUT2D eigenvalue weighted by Gasteiger charge is -2.25. The summed E-state index contributed by atoms with van der Waals surface area (Å²) >= 11 is 0. The minimum Gasteiger partial charge on any atom is -0.490 e. The van der Waals surface area contributed by atoms with Crippen LogP contribution in [0.1, 0.15) is 18.4 Å². The van der Waals surface area contributed by atoms with Crippen LogP contribution in [0.5, 0.6) is 5.75 Å². The molecule has 1 N–H and O–H groups in total. The van der Waals surface area contributed by atoms with Crippen LogP contribution in [0.4, 0.5) is 0 Å². The molecule has 1 aliphatic rings. The first-order valence-corrected chi connectivity index (χ1v) is 4.75. The number of benzene rings is 1. The van der Waals surface area contributed by atoms with Gasteiger partial charge in [0.1, 0.15) is 11.9 Å². The highest BCUT2D eigenvalue weighted by atomic mass is 16.5. The molecule has 13 heavy (non-hydrogen) atoms. The molecule has 0 fully saturated rings. The van der Waals surface area contributed by atoms with Crippen LogP contribution in [0, 0.1) is 0 Å². The zero-order valence-corrected chi connectivity index (χ0v) is 7.57.